The highest BCUT2D eigenvalue weighted by Crippen LogP contribution is 2.30. The van der Waals surface area contributed by atoms with E-state index in [1.165, 1.54) is 0 Å². The third-order valence-corrected chi connectivity index (χ3v) is 4.00. The topological polar surface area (TPSA) is 61.6 Å². The van der Waals surface area contributed by atoms with Crippen LogP contribution >= 0.6 is 15.9 Å². The zero-order chi connectivity index (χ0) is 14.5. The van der Waals surface area contributed by atoms with Crippen LogP contribution in [0.5, 0.6) is 0 Å². The first kappa shape index (κ1) is 15.2. The van der Waals surface area contributed by atoms with Gasteiger partial charge in [0.15, 0.2) is 0 Å². The van der Waals surface area contributed by atoms with Crippen molar-refractivity contribution in [3.8, 4) is 0 Å². The van der Waals surface area contributed by atoms with Gasteiger partial charge in [-0.05, 0) is 12.1 Å². The highest BCUT2D eigenvalue weighted by atomic mass is 79.9. The number of nitrogens with one attached hydrogen (secondary N) is 1. The molecule has 1 heterocycles. The van der Waals surface area contributed by atoms with Gasteiger partial charge in [0.1, 0.15) is 5.69 Å². The van der Waals surface area contributed by atoms with Crippen molar-refractivity contribution in [2.75, 3.05) is 51.2 Å². The van der Waals surface area contributed by atoms with Crippen LogP contribution in [0.15, 0.2) is 22.7 Å². The Morgan fingerprint density at radius 1 is 1.45 bits per heavy atom. The number of nitro groups is 1. The lowest BCUT2D eigenvalue weighted by molar-refractivity contribution is -0.384. The molecule has 1 N–H and O–H groups in total. The van der Waals surface area contributed by atoms with Crippen LogP contribution in [0.2, 0.25) is 0 Å². The standard InChI is InChI=1S/C13H19BrN4O2/c1-16(8-9-17-6-4-15-5-7-17)12-3-2-11(14)10-13(12)18(19)20/h2-3,10,15H,4-9H2,1H3. The maximum Gasteiger partial charge on any atom is 0.293 e. The maximum atomic E-state index is 11.1. The molecule has 0 radical (unpaired) electrons. The van der Waals surface area contributed by atoms with Gasteiger partial charge in [-0.25, -0.2) is 0 Å². The van der Waals surface area contributed by atoms with Crippen molar-refractivity contribution in [2.24, 2.45) is 0 Å². The number of piperazine rings is 1. The predicted molar refractivity (Wildman–Crippen MR) is 83.4 cm³/mol. The summed E-state index contributed by atoms with van der Waals surface area (Å²) in [7, 11) is 1.90. The van der Waals surface area contributed by atoms with Crippen molar-refractivity contribution >= 4 is 27.3 Å². The third-order valence-electron chi connectivity index (χ3n) is 3.51. The van der Waals surface area contributed by atoms with Crippen molar-refractivity contribution in [2.45, 2.75) is 0 Å². The Balaban J connectivity index is 2.01. The Morgan fingerprint density at radius 2 is 2.15 bits per heavy atom. The number of benzene rings is 1. The van der Waals surface area contributed by atoms with Crippen LogP contribution in [0.25, 0.3) is 0 Å². The van der Waals surface area contributed by atoms with Crippen molar-refractivity contribution < 1.29 is 4.92 Å². The van der Waals surface area contributed by atoms with E-state index in [1.54, 1.807) is 12.1 Å². The second-order valence-corrected chi connectivity index (χ2v) is 5.82. The Morgan fingerprint density at radius 3 is 2.80 bits per heavy atom. The van der Waals surface area contributed by atoms with Gasteiger partial charge in [0.2, 0.25) is 0 Å². The van der Waals surface area contributed by atoms with Gasteiger partial charge in [0.25, 0.3) is 5.69 Å². The molecule has 0 amide bonds. The molecule has 1 saturated heterocycles. The molecule has 1 aliphatic heterocycles. The fourth-order valence-electron chi connectivity index (χ4n) is 2.31. The molecule has 6 nitrogen and oxygen atoms in total. The summed E-state index contributed by atoms with van der Waals surface area (Å²) in [5.74, 6) is 0. The van der Waals surface area contributed by atoms with Gasteiger partial charge in [0.05, 0.1) is 4.92 Å². The Labute approximate surface area is 127 Å². The Bertz CT molecular complexity index is 477. The summed E-state index contributed by atoms with van der Waals surface area (Å²) in [6, 6.07) is 5.18. The number of halogens is 1. The normalized spacial score (nSPS) is 16.1. The summed E-state index contributed by atoms with van der Waals surface area (Å²) >= 11 is 3.28. The third kappa shape index (κ3) is 3.91. The first-order valence-electron chi connectivity index (χ1n) is 6.66. The van der Waals surface area contributed by atoms with E-state index in [0.29, 0.717) is 5.69 Å². The fourth-order valence-corrected chi connectivity index (χ4v) is 2.66. The first-order valence-corrected chi connectivity index (χ1v) is 7.45. The number of hydrogen-bond donors (Lipinski definition) is 1. The molecule has 0 aliphatic carbocycles. The van der Waals surface area contributed by atoms with E-state index in [-0.39, 0.29) is 10.6 Å². The van der Waals surface area contributed by atoms with Gasteiger partial charge < -0.3 is 10.2 Å². The number of hydrogen-bond acceptors (Lipinski definition) is 5. The zero-order valence-corrected chi connectivity index (χ0v) is 13.1. The SMILES string of the molecule is CN(CCN1CCNCC1)c1ccc(Br)cc1[N+](=O)[O-]. The van der Waals surface area contributed by atoms with Crippen LogP contribution in [-0.4, -0.2) is 56.1 Å². The lowest BCUT2D eigenvalue weighted by atomic mass is 10.2. The van der Waals surface area contributed by atoms with Gasteiger partial charge in [-0.2, -0.15) is 0 Å². The van der Waals surface area contributed by atoms with Gasteiger partial charge in [-0.1, -0.05) is 15.9 Å². The minimum Gasteiger partial charge on any atom is -0.368 e. The number of nitrogens with zero attached hydrogens (tertiary/aromatic N) is 3. The average molecular weight is 343 g/mol. The average Bonchev–Trinajstić information content (AvgIpc) is 2.45. The molecule has 0 bridgehead atoms. The van der Waals surface area contributed by atoms with E-state index in [4.69, 9.17) is 0 Å². The lowest BCUT2D eigenvalue weighted by Crippen LogP contribution is -2.46. The highest BCUT2D eigenvalue weighted by molar-refractivity contribution is 9.10. The molecule has 0 spiro atoms. The molecular formula is C13H19BrN4O2. The van der Waals surface area contributed by atoms with E-state index in [2.05, 4.69) is 26.1 Å². The number of anilines is 1. The van der Waals surface area contributed by atoms with Crippen LogP contribution in [0.3, 0.4) is 0 Å². The quantitative estimate of drug-likeness (QED) is 0.651. The lowest BCUT2D eigenvalue weighted by Gasteiger charge is -2.29. The van der Waals surface area contributed by atoms with Gasteiger partial charge >= 0.3 is 0 Å². The Hall–Kier alpha value is -1.18. The summed E-state index contributed by atoms with van der Waals surface area (Å²) in [4.78, 5) is 15.1. The number of nitro benzene ring substituents is 1. The van der Waals surface area contributed by atoms with Crippen molar-refractivity contribution in [1.29, 1.82) is 0 Å². The molecule has 1 aromatic rings. The Kier molecular flexibility index (Phi) is 5.33. The molecule has 1 aromatic carbocycles. The largest absolute Gasteiger partial charge is 0.368 e. The molecule has 0 unspecified atom stereocenters. The molecule has 0 saturated carbocycles. The van der Waals surface area contributed by atoms with Crippen molar-refractivity contribution in [3.05, 3.63) is 32.8 Å². The molecule has 0 atom stereocenters. The second-order valence-electron chi connectivity index (χ2n) is 4.90. The van der Waals surface area contributed by atoms with Crippen molar-refractivity contribution in [1.82, 2.24) is 10.2 Å². The molecule has 110 valence electrons. The molecule has 0 aromatic heterocycles. The van der Waals surface area contributed by atoms with Gasteiger partial charge in [-0.3, -0.25) is 15.0 Å². The van der Waals surface area contributed by atoms with Crippen molar-refractivity contribution in [3.63, 3.8) is 0 Å². The van der Waals surface area contributed by atoms with Crippen LogP contribution in [0.1, 0.15) is 0 Å². The van der Waals surface area contributed by atoms with E-state index in [1.807, 2.05) is 18.0 Å². The first-order chi connectivity index (χ1) is 9.58. The number of likely N-dealkylation sites (N-methyl/N-ethyl adjacent to an activating group) is 1. The van der Waals surface area contributed by atoms with Crippen LogP contribution < -0.4 is 10.2 Å². The summed E-state index contributed by atoms with van der Waals surface area (Å²) in [6.07, 6.45) is 0. The molecule has 2 rings (SSSR count). The minimum absolute atomic E-state index is 0.141. The number of rotatable bonds is 5. The predicted octanol–water partition coefficient (Wildman–Crippen LogP) is 1.70. The van der Waals surface area contributed by atoms with E-state index in [9.17, 15) is 10.1 Å². The van der Waals surface area contributed by atoms with E-state index < -0.39 is 0 Å². The summed E-state index contributed by atoms with van der Waals surface area (Å²) in [6.45, 7) is 5.81. The monoisotopic (exact) mass is 342 g/mol. The maximum absolute atomic E-state index is 11.1. The zero-order valence-electron chi connectivity index (χ0n) is 11.5. The molecular weight excluding hydrogens is 324 g/mol. The highest BCUT2D eigenvalue weighted by Gasteiger charge is 2.18. The van der Waals surface area contributed by atoms with Crippen LogP contribution in [0, 0.1) is 10.1 Å². The van der Waals surface area contributed by atoms with E-state index >= 15 is 0 Å². The summed E-state index contributed by atoms with van der Waals surface area (Å²) < 4.78 is 0.725. The molecule has 20 heavy (non-hydrogen) atoms. The smallest absolute Gasteiger partial charge is 0.293 e. The fraction of sp³-hybridized carbons (Fsp3) is 0.538. The van der Waals surface area contributed by atoms with Gasteiger partial charge in [0, 0.05) is 56.9 Å². The molecule has 7 heteroatoms. The molecule has 1 aliphatic rings. The van der Waals surface area contributed by atoms with Crippen LogP contribution in [0.4, 0.5) is 11.4 Å². The van der Waals surface area contributed by atoms with Gasteiger partial charge in [-0.15, -0.1) is 0 Å². The van der Waals surface area contributed by atoms with Crippen LogP contribution in [-0.2, 0) is 0 Å². The summed E-state index contributed by atoms with van der Waals surface area (Å²) in [5.41, 5.74) is 0.801. The second kappa shape index (κ2) is 7.01. The van der Waals surface area contributed by atoms with E-state index in [0.717, 1.165) is 43.7 Å². The summed E-state index contributed by atoms with van der Waals surface area (Å²) in [5, 5.41) is 14.4. The minimum atomic E-state index is -0.332. The molecule has 1 fully saturated rings.